The molecule has 0 aliphatic rings. The molecule has 110 valence electrons. The first-order valence-electron chi connectivity index (χ1n) is 5.43. The molecule has 9 heteroatoms. The van der Waals surface area contributed by atoms with Crippen molar-refractivity contribution in [3.05, 3.63) is 28.8 Å². The lowest BCUT2D eigenvalue weighted by molar-refractivity contribution is 0.0976. The van der Waals surface area contributed by atoms with E-state index in [0.29, 0.717) is 27.9 Å². The summed E-state index contributed by atoms with van der Waals surface area (Å²) in [6.45, 7) is 2.58. The molecule has 0 heterocycles. The molecule has 0 aliphatic heterocycles. The first-order valence-corrected chi connectivity index (χ1v) is 6.22. The normalized spacial score (nSPS) is 9.10. The molecule has 20 heavy (non-hydrogen) atoms. The van der Waals surface area contributed by atoms with E-state index in [1.54, 1.807) is 6.07 Å². The van der Waals surface area contributed by atoms with Crippen LogP contribution in [0.5, 0.6) is 0 Å². The first-order chi connectivity index (χ1) is 8.93. The Labute approximate surface area is 133 Å². The number of nitrogens with one attached hydrogen (secondary N) is 4. The van der Waals surface area contributed by atoms with Gasteiger partial charge in [0.15, 0.2) is 11.1 Å². The van der Waals surface area contributed by atoms with Crippen LogP contribution in [0.3, 0.4) is 0 Å². The average molecular weight is 336 g/mol. The molecule has 1 amide bonds. The summed E-state index contributed by atoms with van der Waals surface area (Å²) in [6.07, 6.45) is 0. The van der Waals surface area contributed by atoms with Crippen LogP contribution in [0.25, 0.3) is 0 Å². The molecule has 0 unspecified atom stereocenters. The molecule has 1 aromatic carbocycles. The second kappa shape index (κ2) is 8.57. The molecule has 0 fully saturated rings. The number of anilines is 1. The van der Waals surface area contributed by atoms with Crippen molar-refractivity contribution in [2.24, 2.45) is 5.73 Å². The molecule has 6 N–H and O–H groups in total. The van der Waals surface area contributed by atoms with Crippen LogP contribution in [0.4, 0.5) is 5.69 Å². The highest BCUT2D eigenvalue weighted by atomic mass is 35.5. The van der Waals surface area contributed by atoms with Crippen LogP contribution in [-0.2, 0) is 0 Å². The molecule has 0 bridgehead atoms. The highest BCUT2D eigenvalue weighted by Gasteiger charge is 2.10. The molecule has 0 radical (unpaired) electrons. The highest BCUT2D eigenvalue weighted by Crippen LogP contribution is 2.23. The number of hydrogen-bond acceptors (Lipinski definition) is 3. The maximum atomic E-state index is 11.7. The van der Waals surface area contributed by atoms with E-state index in [9.17, 15) is 4.79 Å². The number of thiocarbonyl (C=S) groups is 1. The van der Waals surface area contributed by atoms with Crippen molar-refractivity contribution in [3.63, 3.8) is 0 Å². The Balaban J connectivity index is 0.00000361. The van der Waals surface area contributed by atoms with Gasteiger partial charge >= 0.3 is 0 Å². The van der Waals surface area contributed by atoms with Crippen molar-refractivity contribution >= 4 is 58.9 Å². The highest BCUT2D eigenvalue weighted by molar-refractivity contribution is 7.80. The smallest absolute Gasteiger partial charge is 0.258 e. The van der Waals surface area contributed by atoms with E-state index in [1.165, 1.54) is 12.1 Å². The summed E-state index contributed by atoms with van der Waals surface area (Å²) in [5.41, 5.74) is 5.92. The lowest BCUT2D eigenvalue weighted by atomic mass is 10.2. The van der Waals surface area contributed by atoms with Crippen LogP contribution in [-0.4, -0.2) is 23.5 Å². The van der Waals surface area contributed by atoms with Crippen molar-refractivity contribution in [2.75, 3.05) is 11.9 Å². The first kappa shape index (κ1) is 18.4. The fourth-order valence-electron chi connectivity index (χ4n) is 1.28. The van der Waals surface area contributed by atoms with Gasteiger partial charge in [0.25, 0.3) is 5.91 Å². The minimum absolute atomic E-state index is 0. The molecule has 1 rings (SSSR count). The molecule has 0 aliphatic carbocycles. The second-order valence-electron chi connectivity index (χ2n) is 3.55. The zero-order valence-corrected chi connectivity index (χ0v) is 13.0. The van der Waals surface area contributed by atoms with E-state index in [1.807, 2.05) is 6.92 Å². The molecule has 1 aromatic rings. The standard InChI is InChI=1S/C11H14ClN5OS.ClH/c1-2-15-11(19)16-8-5-6(3-4-7(8)12)9(18)17-10(13)14;/h3-5H,2H2,1H3,(H2,15,16,19)(H4,13,14,17,18);1H. The molecular weight excluding hydrogens is 321 g/mol. The van der Waals surface area contributed by atoms with Gasteiger partial charge in [0.1, 0.15) is 0 Å². The average Bonchev–Trinajstić information content (AvgIpc) is 2.31. The van der Waals surface area contributed by atoms with Crippen molar-refractivity contribution in [3.8, 4) is 0 Å². The van der Waals surface area contributed by atoms with Crippen LogP contribution in [0, 0.1) is 5.41 Å². The third kappa shape index (κ3) is 5.60. The Morgan fingerprint density at radius 3 is 2.70 bits per heavy atom. The molecule has 0 atom stereocenters. The van der Waals surface area contributed by atoms with Gasteiger partial charge < -0.3 is 16.4 Å². The Hall–Kier alpha value is -1.57. The summed E-state index contributed by atoms with van der Waals surface area (Å²) >= 11 is 11.0. The zero-order chi connectivity index (χ0) is 14.4. The summed E-state index contributed by atoms with van der Waals surface area (Å²) in [4.78, 5) is 11.7. The van der Waals surface area contributed by atoms with Crippen LogP contribution in [0.2, 0.25) is 5.02 Å². The van der Waals surface area contributed by atoms with Gasteiger partial charge in [0.05, 0.1) is 10.7 Å². The monoisotopic (exact) mass is 335 g/mol. The van der Waals surface area contributed by atoms with Crippen molar-refractivity contribution in [2.45, 2.75) is 6.92 Å². The SMILES string of the molecule is CCNC(=S)Nc1cc(C(=O)NC(=N)N)ccc1Cl.Cl. The van der Waals surface area contributed by atoms with Gasteiger partial charge in [-0.15, -0.1) is 12.4 Å². The summed E-state index contributed by atoms with van der Waals surface area (Å²) in [6, 6.07) is 4.62. The number of halogens is 2. The van der Waals surface area contributed by atoms with Gasteiger partial charge in [0.2, 0.25) is 0 Å². The third-order valence-corrected chi connectivity index (χ3v) is 2.64. The van der Waals surface area contributed by atoms with Gasteiger partial charge in [-0.05, 0) is 37.3 Å². The fraction of sp³-hybridized carbons (Fsp3) is 0.182. The fourth-order valence-corrected chi connectivity index (χ4v) is 1.70. The van der Waals surface area contributed by atoms with Gasteiger partial charge in [-0.2, -0.15) is 0 Å². The largest absolute Gasteiger partial charge is 0.370 e. The second-order valence-corrected chi connectivity index (χ2v) is 4.36. The summed E-state index contributed by atoms with van der Waals surface area (Å²) in [7, 11) is 0. The Morgan fingerprint density at radius 2 is 2.15 bits per heavy atom. The van der Waals surface area contributed by atoms with E-state index in [2.05, 4.69) is 16.0 Å². The van der Waals surface area contributed by atoms with Crippen molar-refractivity contribution in [1.82, 2.24) is 10.6 Å². The van der Waals surface area contributed by atoms with Crippen LogP contribution in [0.15, 0.2) is 18.2 Å². The van der Waals surface area contributed by atoms with Crippen molar-refractivity contribution < 1.29 is 4.79 Å². The molecule has 0 aromatic heterocycles. The molecule has 0 spiro atoms. The van der Waals surface area contributed by atoms with Crippen LogP contribution >= 0.6 is 36.2 Å². The molecular formula is C11H15Cl2N5OS. The molecule has 0 saturated heterocycles. The number of hydrogen-bond donors (Lipinski definition) is 5. The maximum Gasteiger partial charge on any atom is 0.258 e. The minimum Gasteiger partial charge on any atom is -0.370 e. The number of guanidine groups is 1. The Morgan fingerprint density at radius 1 is 1.50 bits per heavy atom. The van der Waals surface area contributed by atoms with E-state index < -0.39 is 11.9 Å². The van der Waals surface area contributed by atoms with Gasteiger partial charge in [0, 0.05) is 12.1 Å². The summed E-state index contributed by atoms with van der Waals surface area (Å²) in [5.74, 6) is -0.904. The van der Waals surface area contributed by atoms with Gasteiger partial charge in [-0.25, -0.2) is 0 Å². The Kier molecular flexibility index (Phi) is 7.90. The third-order valence-electron chi connectivity index (χ3n) is 2.06. The van der Waals surface area contributed by atoms with Gasteiger partial charge in [-0.3, -0.25) is 15.5 Å². The number of nitrogens with two attached hydrogens (primary N) is 1. The van der Waals surface area contributed by atoms with Gasteiger partial charge in [-0.1, -0.05) is 11.6 Å². The predicted molar refractivity (Wildman–Crippen MR) is 88.0 cm³/mol. The number of benzene rings is 1. The summed E-state index contributed by atoms with van der Waals surface area (Å²) in [5, 5.41) is 15.8. The van der Waals surface area contributed by atoms with Crippen LogP contribution in [0.1, 0.15) is 17.3 Å². The van der Waals surface area contributed by atoms with E-state index in [0.717, 1.165) is 0 Å². The van der Waals surface area contributed by atoms with E-state index in [-0.39, 0.29) is 12.4 Å². The number of carbonyl (C=O) groups excluding carboxylic acids is 1. The van der Waals surface area contributed by atoms with Crippen molar-refractivity contribution in [1.29, 1.82) is 5.41 Å². The van der Waals surface area contributed by atoms with E-state index >= 15 is 0 Å². The Bertz CT molecular complexity index is 524. The lowest BCUT2D eigenvalue weighted by Crippen LogP contribution is -2.35. The molecule has 6 nitrogen and oxygen atoms in total. The number of rotatable bonds is 3. The van der Waals surface area contributed by atoms with E-state index in [4.69, 9.17) is 35.0 Å². The number of amides is 1. The predicted octanol–water partition coefficient (Wildman–Crippen LogP) is 1.69. The zero-order valence-electron chi connectivity index (χ0n) is 10.6. The number of carbonyl (C=O) groups is 1. The quantitative estimate of drug-likeness (QED) is 0.328. The molecule has 0 saturated carbocycles. The van der Waals surface area contributed by atoms with Crippen LogP contribution < -0.4 is 21.7 Å². The maximum absolute atomic E-state index is 11.7. The lowest BCUT2D eigenvalue weighted by Gasteiger charge is -2.11. The topological polar surface area (TPSA) is 103 Å². The minimum atomic E-state index is -0.485. The summed E-state index contributed by atoms with van der Waals surface area (Å²) < 4.78 is 0.